The predicted octanol–water partition coefficient (Wildman–Crippen LogP) is 4.76. The van der Waals surface area contributed by atoms with Gasteiger partial charge in [-0.25, -0.2) is 4.98 Å². The number of benzene rings is 1. The van der Waals surface area contributed by atoms with Crippen molar-refractivity contribution < 1.29 is 18.0 Å². The number of halogens is 5. The molecule has 0 aliphatic carbocycles. The number of anilines is 1. The van der Waals surface area contributed by atoms with Gasteiger partial charge in [-0.15, -0.1) is 0 Å². The van der Waals surface area contributed by atoms with Crippen LogP contribution in [0.3, 0.4) is 0 Å². The molecule has 0 atom stereocenters. The van der Waals surface area contributed by atoms with Gasteiger partial charge in [0.15, 0.2) is 0 Å². The van der Waals surface area contributed by atoms with Crippen molar-refractivity contribution >= 4 is 34.9 Å². The first kappa shape index (κ1) is 19.8. The first-order chi connectivity index (χ1) is 12.8. The number of hydrogen-bond donors (Lipinski definition) is 0. The minimum Gasteiger partial charge on any atom is -0.355 e. The largest absolute Gasteiger partial charge is 0.417 e. The Kier molecular flexibility index (Phi) is 5.81. The highest BCUT2D eigenvalue weighted by Gasteiger charge is 2.31. The third-order valence-electron chi connectivity index (χ3n) is 4.34. The van der Waals surface area contributed by atoms with E-state index in [0.29, 0.717) is 49.0 Å². The zero-order valence-corrected chi connectivity index (χ0v) is 15.7. The SMILES string of the molecule is O=C(c1ccc(Cl)cc1Cl)N1CCCN(c2ccc(C(F)(F)F)cn2)CC1. The van der Waals surface area contributed by atoms with Gasteiger partial charge in [0.25, 0.3) is 5.91 Å². The van der Waals surface area contributed by atoms with Crippen molar-refractivity contribution in [2.45, 2.75) is 12.6 Å². The molecule has 4 nitrogen and oxygen atoms in total. The molecule has 2 aromatic rings. The van der Waals surface area contributed by atoms with Gasteiger partial charge in [0.05, 0.1) is 16.1 Å². The topological polar surface area (TPSA) is 36.4 Å². The van der Waals surface area contributed by atoms with E-state index in [1.54, 1.807) is 17.0 Å². The lowest BCUT2D eigenvalue weighted by Crippen LogP contribution is -2.35. The predicted molar refractivity (Wildman–Crippen MR) is 98.4 cm³/mol. The molecule has 144 valence electrons. The number of amides is 1. The molecule has 0 saturated carbocycles. The first-order valence-corrected chi connectivity index (χ1v) is 9.04. The fraction of sp³-hybridized carbons (Fsp3) is 0.333. The van der Waals surface area contributed by atoms with Crippen LogP contribution in [0.4, 0.5) is 19.0 Å². The number of aromatic nitrogens is 1. The van der Waals surface area contributed by atoms with Crippen molar-refractivity contribution in [3.8, 4) is 0 Å². The first-order valence-electron chi connectivity index (χ1n) is 8.28. The third-order valence-corrected chi connectivity index (χ3v) is 4.89. The average molecular weight is 418 g/mol. The Bertz CT molecular complexity index is 828. The van der Waals surface area contributed by atoms with Crippen LogP contribution < -0.4 is 4.90 Å². The maximum Gasteiger partial charge on any atom is 0.417 e. The molecule has 0 bridgehead atoms. The molecule has 1 amide bonds. The van der Waals surface area contributed by atoms with Gasteiger partial charge in [0.2, 0.25) is 0 Å². The number of hydrogen-bond acceptors (Lipinski definition) is 3. The van der Waals surface area contributed by atoms with E-state index in [1.165, 1.54) is 12.1 Å². The molecule has 0 radical (unpaired) electrons. The molecule has 3 rings (SSSR count). The Balaban J connectivity index is 1.69. The molecule has 1 aromatic carbocycles. The summed E-state index contributed by atoms with van der Waals surface area (Å²) in [5, 5.41) is 0.741. The minimum atomic E-state index is -4.41. The number of alkyl halides is 3. The summed E-state index contributed by atoms with van der Waals surface area (Å²) in [5.41, 5.74) is -0.405. The van der Waals surface area contributed by atoms with Gasteiger partial charge in [0, 0.05) is 37.4 Å². The molecule has 2 heterocycles. The smallest absolute Gasteiger partial charge is 0.355 e. The highest BCUT2D eigenvalue weighted by molar-refractivity contribution is 6.36. The second kappa shape index (κ2) is 7.94. The second-order valence-corrected chi connectivity index (χ2v) is 7.00. The van der Waals surface area contributed by atoms with E-state index in [0.717, 1.165) is 12.3 Å². The number of nitrogens with zero attached hydrogens (tertiary/aromatic N) is 3. The van der Waals surface area contributed by atoms with E-state index in [4.69, 9.17) is 23.2 Å². The Hall–Kier alpha value is -1.99. The molecule has 1 aliphatic rings. The molecule has 1 fully saturated rings. The monoisotopic (exact) mass is 417 g/mol. The maximum atomic E-state index is 12.7. The van der Waals surface area contributed by atoms with E-state index in [-0.39, 0.29) is 10.9 Å². The van der Waals surface area contributed by atoms with Crippen LogP contribution in [0.15, 0.2) is 36.5 Å². The van der Waals surface area contributed by atoms with Crippen molar-refractivity contribution in [3.05, 3.63) is 57.7 Å². The molecule has 27 heavy (non-hydrogen) atoms. The van der Waals surface area contributed by atoms with Crippen molar-refractivity contribution in [1.82, 2.24) is 9.88 Å². The summed E-state index contributed by atoms with van der Waals surface area (Å²) >= 11 is 12.0. The summed E-state index contributed by atoms with van der Waals surface area (Å²) in [6.45, 7) is 2.00. The van der Waals surface area contributed by atoms with Gasteiger partial charge in [0.1, 0.15) is 5.82 Å². The summed E-state index contributed by atoms with van der Waals surface area (Å²) in [4.78, 5) is 20.2. The standard InChI is InChI=1S/C18H16Cl2F3N3O/c19-13-3-4-14(15(20)10-13)17(27)26-7-1-6-25(8-9-26)16-5-2-12(11-24-16)18(21,22)23/h2-5,10-11H,1,6-9H2. The van der Waals surface area contributed by atoms with Crippen LogP contribution in [0, 0.1) is 0 Å². The van der Waals surface area contributed by atoms with E-state index in [1.807, 2.05) is 4.90 Å². The van der Waals surface area contributed by atoms with Crippen molar-refractivity contribution in [3.63, 3.8) is 0 Å². The fourth-order valence-corrected chi connectivity index (χ4v) is 3.41. The van der Waals surface area contributed by atoms with Crippen LogP contribution >= 0.6 is 23.2 Å². The number of rotatable bonds is 2. The Morgan fingerprint density at radius 3 is 2.44 bits per heavy atom. The van der Waals surface area contributed by atoms with Crippen molar-refractivity contribution in [2.24, 2.45) is 0 Å². The summed E-state index contributed by atoms with van der Waals surface area (Å²) in [5.74, 6) is 0.265. The van der Waals surface area contributed by atoms with Crippen LogP contribution in [0.25, 0.3) is 0 Å². The summed E-state index contributed by atoms with van der Waals surface area (Å²) in [7, 11) is 0. The van der Waals surface area contributed by atoms with E-state index >= 15 is 0 Å². The number of carbonyl (C=O) groups excluding carboxylic acids is 1. The normalized spacial score (nSPS) is 15.6. The highest BCUT2D eigenvalue weighted by Crippen LogP contribution is 2.29. The molecule has 0 spiro atoms. The zero-order valence-electron chi connectivity index (χ0n) is 14.1. The van der Waals surface area contributed by atoms with Gasteiger partial charge >= 0.3 is 6.18 Å². The van der Waals surface area contributed by atoms with Crippen molar-refractivity contribution in [2.75, 3.05) is 31.1 Å². The van der Waals surface area contributed by atoms with E-state index in [9.17, 15) is 18.0 Å². The second-order valence-electron chi connectivity index (χ2n) is 6.16. The van der Waals surface area contributed by atoms with E-state index in [2.05, 4.69) is 4.98 Å². The van der Waals surface area contributed by atoms with Crippen LogP contribution in [0.2, 0.25) is 10.0 Å². The number of pyridine rings is 1. The summed E-state index contributed by atoms with van der Waals surface area (Å²) in [6.07, 6.45) is -2.92. The summed E-state index contributed by atoms with van der Waals surface area (Å²) in [6, 6.07) is 7.09. The van der Waals surface area contributed by atoms with Gasteiger partial charge < -0.3 is 9.80 Å². The van der Waals surface area contributed by atoms with E-state index < -0.39 is 11.7 Å². The minimum absolute atomic E-state index is 0.195. The molecular formula is C18H16Cl2F3N3O. The fourth-order valence-electron chi connectivity index (χ4n) is 2.92. The molecule has 1 aromatic heterocycles. The van der Waals surface area contributed by atoms with Crippen LogP contribution in [0.1, 0.15) is 22.3 Å². The van der Waals surface area contributed by atoms with Crippen LogP contribution in [-0.4, -0.2) is 42.0 Å². The van der Waals surface area contributed by atoms with Crippen LogP contribution in [-0.2, 0) is 6.18 Å². The Labute approximate surface area is 164 Å². The average Bonchev–Trinajstić information content (AvgIpc) is 2.87. The molecule has 1 saturated heterocycles. The molecule has 0 N–H and O–H groups in total. The molecule has 1 aliphatic heterocycles. The Morgan fingerprint density at radius 2 is 1.81 bits per heavy atom. The van der Waals surface area contributed by atoms with Gasteiger partial charge in [-0.3, -0.25) is 4.79 Å². The number of carbonyl (C=O) groups is 1. The lowest BCUT2D eigenvalue weighted by atomic mass is 10.2. The summed E-state index contributed by atoms with van der Waals surface area (Å²) < 4.78 is 38.0. The van der Waals surface area contributed by atoms with Crippen LogP contribution in [0.5, 0.6) is 0 Å². The Morgan fingerprint density at radius 1 is 1.04 bits per heavy atom. The lowest BCUT2D eigenvalue weighted by Gasteiger charge is -2.23. The molecule has 9 heteroatoms. The quantitative estimate of drug-likeness (QED) is 0.706. The zero-order chi connectivity index (χ0) is 19.6. The van der Waals surface area contributed by atoms with Gasteiger partial charge in [-0.1, -0.05) is 23.2 Å². The molecule has 0 unspecified atom stereocenters. The van der Waals surface area contributed by atoms with Crippen molar-refractivity contribution in [1.29, 1.82) is 0 Å². The third kappa shape index (κ3) is 4.65. The van der Waals surface area contributed by atoms with Gasteiger partial charge in [-0.2, -0.15) is 13.2 Å². The molecular weight excluding hydrogens is 402 g/mol. The van der Waals surface area contributed by atoms with Gasteiger partial charge in [-0.05, 0) is 36.8 Å². The highest BCUT2D eigenvalue weighted by atomic mass is 35.5. The maximum absolute atomic E-state index is 12.7. The lowest BCUT2D eigenvalue weighted by molar-refractivity contribution is -0.137.